The number of hydrogen-bond donors (Lipinski definition) is 9. The number of carbonyl (C=O) groups excluding carboxylic acids is 14. The third-order valence-corrected chi connectivity index (χ3v) is 14.3. The van der Waals surface area contributed by atoms with Crippen LogP contribution in [0.2, 0.25) is 0 Å². The molecule has 0 spiro atoms. The van der Waals surface area contributed by atoms with Crippen LogP contribution in [0, 0.1) is 0 Å². The normalized spacial score (nSPS) is 13.9. The zero-order chi connectivity index (χ0) is 84.6. The summed E-state index contributed by atoms with van der Waals surface area (Å²) in [6, 6.07) is -4.87. The lowest BCUT2D eigenvalue weighted by Gasteiger charge is -2.27. The molecular weight excluding hydrogens is 1450 g/mol. The van der Waals surface area contributed by atoms with Gasteiger partial charge in [0.25, 0.3) is 11.5 Å². The van der Waals surface area contributed by atoms with E-state index in [1.165, 1.54) is 62.3 Å². The van der Waals surface area contributed by atoms with Crippen LogP contribution in [0.3, 0.4) is 0 Å². The Bertz CT molecular complexity index is 3650. The Morgan fingerprint density at radius 3 is 0.927 bits per heavy atom. The number of rotatable bonds is 36. The predicted molar refractivity (Wildman–Crippen MR) is 394 cm³/mol. The first kappa shape index (κ1) is 96.1. The van der Waals surface area contributed by atoms with E-state index in [0.29, 0.717) is 4.90 Å². The second-order valence-electron chi connectivity index (χ2n) is 33.1. The summed E-state index contributed by atoms with van der Waals surface area (Å²) in [7, 11) is 0. The van der Waals surface area contributed by atoms with Crippen LogP contribution in [0.5, 0.6) is 0 Å². The predicted octanol–water partition coefficient (Wildman–Crippen LogP) is 6.06. The van der Waals surface area contributed by atoms with E-state index in [9.17, 15) is 85.1 Å². The molecule has 0 saturated heterocycles. The minimum Gasteiger partial charge on any atom is -0.460 e. The van der Waals surface area contributed by atoms with Crippen molar-refractivity contribution in [2.24, 2.45) is 0 Å². The summed E-state index contributed by atoms with van der Waals surface area (Å²) in [5, 5.41) is 15.0. The molecule has 36 heteroatoms. The summed E-state index contributed by atoms with van der Waals surface area (Å²) < 4.78 is 80.3. The Kier molecular flexibility index (Phi) is 35.5. The molecule has 1 aromatic heterocycles. The van der Waals surface area contributed by atoms with Crippen LogP contribution in [0.15, 0.2) is 29.1 Å². The van der Waals surface area contributed by atoms with Gasteiger partial charge in [-0.1, -0.05) is 0 Å². The molecule has 110 heavy (non-hydrogen) atoms. The van der Waals surface area contributed by atoms with Crippen LogP contribution in [0.25, 0.3) is 0 Å². The number of carbonyl (C=O) groups is 14. The zero-order valence-corrected chi connectivity index (χ0v) is 67.0. The van der Waals surface area contributed by atoms with E-state index in [1.807, 2.05) is 0 Å². The average molecular weight is 1570 g/mol. The summed E-state index contributed by atoms with van der Waals surface area (Å²) in [5.74, 6) is -14.6. The summed E-state index contributed by atoms with van der Waals surface area (Å²) in [6.45, 7) is 32.3. The van der Waals surface area contributed by atoms with Crippen LogP contribution >= 0.6 is 0 Å². The van der Waals surface area contributed by atoms with E-state index in [-0.39, 0.29) is 60.7 Å². The Balaban J connectivity index is 2.37. The lowest BCUT2D eigenvalue weighted by molar-refractivity contribution is -0.170. The van der Waals surface area contributed by atoms with Gasteiger partial charge >= 0.3 is 53.9 Å². The van der Waals surface area contributed by atoms with Gasteiger partial charge < -0.3 is 81.4 Å². The number of alkyl halides is 3. The number of H-pyrrole nitrogens is 1. The molecule has 33 nitrogen and oxygen atoms in total. The van der Waals surface area contributed by atoms with Gasteiger partial charge in [-0.2, -0.15) is 18.2 Å². The number of aromatic amines is 1. The quantitative estimate of drug-likeness (QED) is 0.0276. The maximum atomic E-state index is 13.9. The van der Waals surface area contributed by atoms with Gasteiger partial charge in [0.1, 0.15) is 81.3 Å². The first-order chi connectivity index (χ1) is 50.0. The Morgan fingerprint density at radius 1 is 0.409 bits per heavy atom. The van der Waals surface area contributed by atoms with Gasteiger partial charge in [-0.25, -0.2) is 28.8 Å². The second kappa shape index (κ2) is 40.7. The fourth-order valence-corrected chi connectivity index (χ4v) is 9.82. The second-order valence-corrected chi connectivity index (χ2v) is 33.1. The van der Waals surface area contributed by atoms with Crippen molar-refractivity contribution in [3.8, 4) is 0 Å². The summed E-state index contributed by atoms with van der Waals surface area (Å²) >= 11 is 0. The highest BCUT2D eigenvalue weighted by Gasteiger charge is 2.44. The first-order valence-corrected chi connectivity index (χ1v) is 36.0. The van der Waals surface area contributed by atoms with E-state index in [0.717, 1.165) is 24.3 Å². The molecule has 11 N–H and O–H groups in total. The van der Waals surface area contributed by atoms with Crippen molar-refractivity contribution in [2.45, 2.75) is 317 Å². The minimum absolute atomic E-state index is 0.0813. The molecule has 0 aliphatic carbocycles. The highest BCUT2D eigenvalue weighted by Crippen LogP contribution is 2.27. The third kappa shape index (κ3) is 39.4. The van der Waals surface area contributed by atoms with E-state index in [2.05, 4.69) is 41.9 Å². The fourth-order valence-electron chi connectivity index (χ4n) is 9.82. The van der Waals surface area contributed by atoms with Crippen molar-refractivity contribution >= 4 is 101 Å². The lowest BCUT2D eigenvalue weighted by atomic mass is 10.1. The summed E-state index contributed by atoms with van der Waals surface area (Å²) in [6.07, 6.45) is -11.3. The molecule has 618 valence electrons. The molecule has 0 aliphatic rings. The molecule has 1 aromatic carbocycles. The zero-order valence-electron chi connectivity index (χ0n) is 67.0. The van der Waals surface area contributed by atoms with Crippen LogP contribution in [0.4, 0.5) is 30.6 Å². The number of nitrogens with zero attached hydrogens (tertiary/aromatic N) is 2. The first-order valence-electron chi connectivity index (χ1n) is 36.0. The highest BCUT2D eigenvalue weighted by molar-refractivity contribution is 6.00. The highest BCUT2D eigenvalue weighted by atomic mass is 19.4. The molecule has 2 rings (SSSR count). The SMILES string of the molecule is CC(C)(C)OC(=O)CC[C@H](NC(=O)CC[C@H](NC(=O)CC[C@H](NC(=O)CC[C@H](NC(=O)CC[C@H](NC(=O)CC[C@H](NC(=O)c1ccc(N(CCCc2c(N)nc(N)[nH]c2=O)C(=O)C(F)(F)F)cc1)C(=O)OC(C)(C)C)C(=O)OC(C)(C)C)C(=O)OC(C)(C)C)C(=O)OC(C)(C)C)C(=O)OC(C)(C)C)C(=O)OC(C)(C)C. The third-order valence-electron chi connectivity index (χ3n) is 14.3. The van der Waals surface area contributed by atoms with Crippen LogP contribution in [-0.4, -0.2) is 181 Å². The maximum Gasteiger partial charge on any atom is 0.471 e. The van der Waals surface area contributed by atoms with E-state index >= 15 is 0 Å². The largest absolute Gasteiger partial charge is 0.471 e. The Morgan fingerprint density at radius 2 is 0.673 bits per heavy atom. The van der Waals surface area contributed by atoms with E-state index in [4.69, 9.17) is 44.6 Å². The van der Waals surface area contributed by atoms with Crippen LogP contribution < -0.4 is 53.8 Å². The molecule has 0 radical (unpaired) electrons. The fraction of sp³-hybridized carbons (Fsp3) is 0.676. The van der Waals surface area contributed by atoms with Crippen molar-refractivity contribution < 1.29 is 113 Å². The number of nitrogen functional groups attached to an aromatic ring is 2. The number of nitrogens with two attached hydrogens (primary N) is 2. The van der Waals surface area contributed by atoms with Gasteiger partial charge in [0.05, 0.1) is 5.56 Å². The number of halogens is 3. The topological polar surface area (TPSA) is 477 Å². The Labute approximate surface area is 639 Å². The molecule has 0 aliphatic heterocycles. The minimum atomic E-state index is -5.35. The smallest absolute Gasteiger partial charge is 0.460 e. The van der Waals surface area contributed by atoms with Gasteiger partial charge in [-0.15, -0.1) is 0 Å². The lowest BCUT2D eigenvalue weighted by Crippen LogP contribution is -2.48. The summed E-state index contributed by atoms with van der Waals surface area (Å²) in [5.41, 5.74) is 2.49. The monoisotopic (exact) mass is 1570 g/mol. The van der Waals surface area contributed by atoms with Crippen molar-refractivity contribution in [1.29, 1.82) is 0 Å². The van der Waals surface area contributed by atoms with Gasteiger partial charge in [-0.05, 0) is 221 Å². The van der Waals surface area contributed by atoms with Gasteiger partial charge in [0.15, 0.2) is 0 Å². The van der Waals surface area contributed by atoms with Crippen LogP contribution in [0.1, 0.15) is 245 Å². The van der Waals surface area contributed by atoms with Crippen molar-refractivity contribution in [3.63, 3.8) is 0 Å². The molecule has 2 aromatic rings. The van der Waals surface area contributed by atoms with Crippen molar-refractivity contribution in [3.05, 3.63) is 45.7 Å². The van der Waals surface area contributed by atoms with Gasteiger partial charge in [0.2, 0.25) is 35.5 Å². The number of anilines is 3. The number of amides is 7. The number of ether oxygens (including phenoxy) is 7. The summed E-state index contributed by atoms with van der Waals surface area (Å²) in [4.78, 5) is 208. The number of hydrogen-bond acceptors (Lipinski definition) is 25. The molecule has 0 bridgehead atoms. The molecule has 0 saturated carbocycles. The maximum absolute atomic E-state index is 13.9. The van der Waals surface area contributed by atoms with E-state index < -0.39 is 235 Å². The number of aromatic nitrogens is 2. The molecule has 6 atom stereocenters. The molecular formula is C74H114F3N11O22. The molecule has 0 fully saturated rings. The van der Waals surface area contributed by atoms with Crippen LogP contribution in [-0.2, 0) is 102 Å². The Hall–Kier alpha value is -9.93. The van der Waals surface area contributed by atoms with Gasteiger partial charge in [-0.3, -0.25) is 48.1 Å². The van der Waals surface area contributed by atoms with Crippen molar-refractivity contribution in [1.82, 2.24) is 41.9 Å². The van der Waals surface area contributed by atoms with Gasteiger partial charge in [0, 0.05) is 56.3 Å². The number of benzene rings is 1. The van der Waals surface area contributed by atoms with E-state index in [1.54, 1.807) is 83.1 Å². The number of esters is 7. The number of nitrogens with one attached hydrogen (secondary N) is 7. The molecule has 7 amide bonds. The molecule has 1 heterocycles. The van der Waals surface area contributed by atoms with Crippen molar-refractivity contribution in [2.75, 3.05) is 22.9 Å². The standard InChI is InChI=1S/C74H114F3N11O22/c1-67(2,3)104-55(94)39-33-48(63(101)109-72(16,17)18)84-53(92)37-31-46(61(99)107-70(10,11)12)82-51(90)35-29-44(59(97)105-68(4,5)6)80-50(89)34-28-45(60(98)106-69(7,8)9)81-52(91)36-30-47(62(100)108-71(13,14)15)83-54(93)38-32-49(64(102)110-73(19,20)21)85-57(95)41-24-26-42(27-25-41)88(65(103)74(75,76)77)40-22-23-43-56(78)86-66(79)87-58(43)96/h24-27,44-49H,22-23,28-40H2,1-21H3,(H,80,89)(H,81,91)(H,82,90)(H,83,93)(H,84,92)(H,85,95)(H5,78,79,86,87,96)/t44-,45-,46-,47-,48-,49-/m0/s1. The average Bonchev–Trinajstić information content (AvgIpc) is 0.818. The molecule has 0 unspecified atom stereocenters.